The summed E-state index contributed by atoms with van der Waals surface area (Å²) in [6.07, 6.45) is 2.05. The standard InChI is InChI=1S/C16H20O/c1-16(2,3)14-12-9-11(15(17)13(12)14)10-7-5-4-6-8-10/h4-9,12-15,17H,1-3H3. The second kappa shape index (κ2) is 3.46. The third kappa shape index (κ3) is 1.64. The minimum atomic E-state index is -0.258. The Balaban J connectivity index is 1.87. The number of fused-ring (bicyclic) bond motifs is 1. The van der Waals surface area contributed by atoms with Crippen molar-refractivity contribution in [2.45, 2.75) is 26.9 Å². The van der Waals surface area contributed by atoms with Crippen LogP contribution in [-0.4, -0.2) is 11.2 Å². The average molecular weight is 228 g/mol. The van der Waals surface area contributed by atoms with Gasteiger partial charge < -0.3 is 5.11 Å². The molecule has 0 amide bonds. The Hall–Kier alpha value is -1.08. The lowest BCUT2D eigenvalue weighted by Crippen LogP contribution is -2.18. The van der Waals surface area contributed by atoms with E-state index in [4.69, 9.17) is 0 Å². The highest BCUT2D eigenvalue weighted by Gasteiger charge is 2.61. The van der Waals surface area contributed by atoms with Gasteiger partial charge in [-0.3, -0.25) is 0 Å². The van der Waals surface area contributed by atoms with Crippen molar-refractivity contribution in [2.24, 2.45) is 23.2 Å². The molecule has 0 radical (unpaired) electrons. The van der Waals surface area contributed by atoms with E-state index in [2.05, 4.69) is 39.0 Å². The van der Waals surface area contributed by atoms with Crippen LogP contribution in [0.4, 0.5) is 0 Å². The van der Waals surface area contributed by atoms with Gasteiger partial charge in [0.2, 0.25) is 0 Å². The highest BCUT2D eigenvalue weighted by molar-refractivity contribution is 5.73. The molecular weight excluding hydrogens is 208 g/mol. The SMILES string of the molecule is CC(C)(C)C1C2C=C(c3ccccc3)C(O)C21. The minimum absolute atomic E-state index is 0.258. The lowest BCUT2D eigenvalue weighted by molar-refractivity contribution is 0.184. The summed E-state index contributed by atoms with van der Waals surface area (Å²) in [6.45, 7) is 6.83. The molecular formula is C16H20O. The van der Waals surface area contributed by atoms with E-state index in [9.17, 15) is 5.11 Å². The zero-order chi connectivity index (χ0) is 12.2. The van der Waals surface area contributed by atoms with E-state index in [0.29, 0.717) is 23.2 Å². The van der Waals surface area contributed by atoms with Gasteiger partial charge in [0.25, 0.3) is 0 Å². The number of hydrogen-bond donors (Lipinski definition) is 1. The number of benzene rings is 1. The highest BCUT2D eigenvalue weighted by Crippen LogP contribution is 2.64. The van der Waals surface area contributed by atoms with Crippen molar-refractivity contribution < 1.29 is 5.11 Å². The molecule has 0 aromatic heterocycles. The Morgan fingerprint density at radius 3 is 2.18 bits per heavy atom. The van der Waals surface area contributed by atoms with Gasteiger partial charge in [0, 0.05) is 0 Å². The van der Waals surface area contributed by atoms with Gasteiger partial charge in [-0.1, -0.05) is 57.2 Å². The normalized spacial score (nSPS) is 35.4. The fraction of sp³-hybridized carbons (Fsp3) is 0.500. The van der Waals surface area contributed by atoms with Crippen LogP contribution in [0, 0.1) is 23.2 Å². The third-order valence-corrected chi connectivity index (χ3v) is 4.30. The van der Waals surface area contributed by atoms with Crippen LogP contribution < -0.4 is 0 Å². The Morgan fingerprint density at radius 1 is 1.06 bits per heavy atom. The topological polar surface area (TPSA) is 20.2 Å². The highest BCUT2D eigenvalue weighted by atomic mass is 16.3. The maximum atomic E-state index is 10.4. The van der Waals surface area contributed by atoms with Gasteiger partial charge in [0.05, 0.1) is 6.10 Å². The molecule has 1 nitrogen and oxygen atoms in total. The van der Waals surface area contributed by atoms with Gasteiger partial charge in [-0.05, 0) is 34.3 Å². The van der Waals surface area contributed by atoms with Crippen molar-refractivity contribution in [1.82, 2.24) is 0 Å². The molecule has 1 saturated carbocycles. The van der Waals surface area contributed by atoms with Crippen LogP contribution >= 0.6 is 0 Å². The Morgan fingerprint density at radius 2 is 1.71 bits per heavy atom. The summed E-state index contributed by atoms with van der Waals surface area (Å²) < 4.78 is 0. The monoisotopic (exact) mass is 228 g/mol. The maximum absolute atomic E-state index is 10.4. The van der Waals surface area contributed by atoms with Crippen LogP contribution in [0.1, 0.15) is 26.3 Å². The zero-order valence-corrected chi connectivity index (χ0v) is 10.7. The first-order chi connectivity index (χ1) is 8.00. The quantitative estimate of drug-likeness (QED) is 0.781. The molecule has 0 heterocycles. The first kappa shape index (κ1) is 11.0. The lowest BCUT2D eigenvalue weighted by atomic mass is 9.84. The van der Waals surface area contributed by atoms with Crippen molar-refractivity contribution in [3.63, 3.8) is 0 Å². The Kier molecular flexibility index (Phi) is 2.24. The van der Waals surface area contributed by atoms with Gasteiger partial charge in [-0.25, -0.2) is 0 Å². The molecule has 4 unspecified atom stereocenters. The summed E-state index contributed by atoms with van der Waals surface area (Å²) in [4.78, 5) is 0. The van der Waals surface area contributed by atoms with Crippen LogP contribution in [0.25, 0.3) is 5.57 Å². The van der Waals surface area contributed by atoms with E-state index < -0.39 is 0 Å². The van der Waals surface area contributed by atoms with Crippen LogP contribution in [0.2, 0.25) is 0 Å². The Bertz CT molecular complexity index is 452. The van der Waals surface area contributed by atoms with E-state index in [1.807, 2.05) is 18.2 Å². The van der Waals surface area contributed by atoms with E-state index in [-0.39, 0.29) is 6.10 Å². The molecule has 1 aromatic carbocycles. The van der Waals surface area contributed by atoms with Crippen molar-refractivity contribution in [3.05, 3.63) is 42.0 Å². The third-order valence-electron chi connectivity index (χ3n) is 4.30. The molecule has 1 aromatic rings. The van der Waals surface area contributed by atoms with Crippen molar-refractivity contribution in [1.29, 1.82) is 0 Å². The predicted octanol–water partition coefficient (Wildman–Crippen LogP) is 3.35. The van der Waals surface area contributed by atoms with Gasteiger partial charge >= 0.3 is 0 Å². The van der Waals surface area contributed by atoms with Crippen molar-refractivity contribution in [3.8, 4) is 0 Å². The summed E-state index contributed by atoms with van der Waals surface area (Å²) in [5.41, 5.74) is 2.63. The molecule has 90 valence electrons. The van der Waals surface area contributed by atoms with Crippen molar-refractivity contribution in [2.75, 3.05) is 0 Å². The number of rotatable bonds is 1. The zero-order valence-electron chi connectivity index (χ0n) is 10.7. The fourth-order valence-corrected chi connectivity index (χ4v) is 3.55. The molecule has 17 heavy (non-hydrogen) atoms. The molecule has 0 spiro atoms. The summed E-state index contributed by atoms with van der Waals surface area (Å²) in [5, 5.41) is 10.4. The Labute approximate surface area is 103 Å². The number of allylic oxidation sites excluding steroid dienone is 1. The maximum Gasteiger partial charge on any atom is 0.0829 e. The van der Waals surface area contributed by atoms with Gasteiger partial charge in [-0.2, -0.15) is 0 Å². The molecule has 1 fully saturated rings. The predicted molar refractivity (Wildman–Crippen MR) is 70.4 cm³/mol. The summed E-state index contributed by atoms with van der Waals surface area (Å²) in [7, 11) is 0. The first-order valence-corrected chi connectivity index (χ1v) is 6.45. The molecule has 3 rings (SSSR count). The van der Waals surface area contributed by atoms with Crippen LogP contribution in [0.3, 0.4) is 0 Å². The van der Waals surface area contributed by atoms with Crippen LogP contribution in [0.5, 0.6) is 0 Å². The smallest absolute Gasteiger partial charge is 0.0829 e. The van der Waals surface area contributed by atoms with Gasteiger partial charge in [-0.15, -0.1) is 0 Å². The molecule has 0 bridgehead atoms. The molecule has 2 aliphatic carbocycles. The van der Waals surface area contributed by atoms with Crippen molar-refractivity contribution >= 4 is 5.57 Å². The molecule has 1 heteroatoms. The lowest BCUT2D eigenvalue weighted by Gasteiger charge is -2.22. The second-order valence-electron chi connectivity index (χ2n) is 6.48. The molecule has 0 saturated heterocycles. The van der Waals surface area contributed by atoms with Crippen LogP contribution in [0.15, 0.2) is 36.4 Å². The largest absolute Gasteiger partial charge is 0.388 e. The van der Waals surface area contributed by atoms with E-state index in [0.717, 1.165) is 5.57 Å². The van der Waals surface area contributed by atoms with Crippen LogP contribution in [-0.2, 0) is 0 Å². The van der Waals surface area contributed by atoms with E-state index in [1.165, 1.54) is 5.56 Å². The molecule has 1 N–H and O–H groups in total. The summed E-state index contributed by atoms with van der Waals surface area (Å²) in [5.74, 6) is 1.72. The van der Waals surface area contributed by atoms with Gasteiger partial charge in [0.1, 0.15) is 0 Å². The second-order valence-corrected chi connectivity index (χ2v) is 6.48. The fourth-order valence-electron chi connectivity index (χ4n) is 3.55. The minimum Gasteiger partial charge on any atom is -0.388 e. The number of aliphatic hydroxyl groups excluding tert-OH is 1. The average Bonchev–Trinajstić information content (AvgIpc) is 2.92. The number of hydrogen-bond acceptors (Lipinski definition) is 1. The van der Waals surface area contributed by atoms with E-state index in [1.54, 1.807) is 0 Å². The molecule has 4 atom stereocenters. The molecule has 2 aliphatic rings. The summed E-state index contributed by atoms with van der Waals surface area (Å²) >= 11 is 0. The summed E-state index contributed by atoms with van der Waals surface area (Å²) in [6, 6.07) is 10.3. The number of aliphatic hydroxyl groups is 1. The van der Waals surface area contributed by atoms with E-state index >= 15 is 0 Å². The van der Waals surface area contributed by atoms with Gasteiger partial charge in [0.15, 0.2) is 0 Å². The first-order valence-electron chi connectivity index (χ1n) is 6.45. The molecule has 0 aliphatic heterocycles.